The third kappa shape index (κ3) is 3.94. The minimum Gasteiger partial charge on any atom is -0.388 e. The van der Waals surface area contributed by atoms with Crippen molar-refractivity contribution in [3.8, 4) is 0 Å². The van der Waals surface area contributed by atoms with Crippen LogP contribution in [-0.2, 0) is 0 Å². The molecule has 0 radical (unpaired) electrons. The Morgan fingerprint density at radius 3 is 2.00 bits per heavy atom. The van der Waals surface area contributed by atoms with Crippen molar-refractivity contribution in [2.75, 3.05) is 23.0 Å². The van der Waals surface area contributed by atoms with Crippen LogP contribution >= 0.6 is 0 Å². The molecular formula is C17H18N6. The average Bonchev–Trinajstić information content (AvgIpc) is 2.55. The van der Waals surface area contributed by atoms with Gasteiger partial charge in [0.1, 0.15) is 5.82 Å². The molecule has 6 nitrogen and oxygen atoms in total. The summed E-state index contributed by atoms with van der Waals surface area (Å²) in [5.41, 5.74) is 2.86. The van der Waals surface area contributed by atoms with Crippen molar-refractivity contribution in [2.45, 2.75) is 6.92 Å². The molecule has 6 heteroatoms. The lowest BCUT2D eigenvalue weighted by molar-refractivity contribution is 0.989. The van der Waals surface area contributed by atoms with Crippen LogP contribution in [0.1, 0.15) is 5.82 Å². The van der Waals surface area contributed by atoms with Gasteiger partial charge < -0.3 is 16.0 Å². The lowest BCUT2D eigenvalue weighted by Gasteiger charge is -2.10. The van der Waals surface area contributed by atoms with Crippen LogP contribution in [0.15, 0.2) is 54.6 Å². The summed E-state index contributed by atoms with van der Waals surface area (Å²) >= 11 is 0. The summed E-state index contributed by atoms with van der Waals surface area (Å²) < 4.78 is 0. The molecule has 0 saturated carbocycles. The lowest BCUT2D eigenvalue weighted by Crippen LogP contribution is -2.05. The van der Waals surface area contributed by atoms with Crippen LogP contribution in [-0.4, -0.2) is 22.0 Å². The maximum absolute atomic E-state index is 4.41. The first-order valence-electron chi connectivity index (χ1n) is 7.32. The number of aromatic nitrogens is 3. The fraction of sp³-hybridized carbons (Fsp3) is 0.118. The Kier molecular flexibility index (Phi) is 4.33. The van der Waals surface area contributed by atoms with Crippen molar-refractivity contribution >= 4 is 29.0 Å². The third-order valence-corrected chi connectivity index (χ3v) is 3.18. The van der Waals surface area contributed by atoms with Gasteiger partial charge >= 0.3 is 0 Å². The molecule has 0 aliphatic carbocycles. The monoisotopic (exact) mass is 306 g/mol. The van der Waals surface area contributed by atoms with Crippen molar-refractivity contribution < 1.29 is 0 Å². The highest BCUT2D eigenvalue weighted by Gasteiger charge is 2.05. The van der Waals surface area contributed by atoms with E-state index in [1.807, 2.05) is 68.6 Å². The molecule has 0 saturated heterocycles. The normalized spacial score (nSPS) is 10.2. The van der Waals surface area contributed by atoms with Crippen LogP contribution in [0.5, 0.6) is 0 Å². The van der Waals surface area contributed by atoms with Gasteiger partial charge in [0.05, 0.1) is 0 Å². The van der Waals surface area contributed by atoms with Crippen molar-refractivity contribution in [3.05, 3.63) is 60.4 Å². The van der Waals surface area contributed by atoms with Gasteiger partial charge in [-0.25, -0.2) is 0 Å². The quantitative estimate of drug-likeness (QED) is 0.667. The molecule has 0 atom stereocenters. The average molecular weight is 306 g/mol. The zero-order valence-corrected chi connectivity index (χ0v) is 13.0. The van der Waals surface area contributed by atoms with Crippen LogP contribution in [0.2, 0.25) is 0 Å². The largest absolute Gasteiger partial charge is 0.388 e. The summed E-state index contributed by atoms with van der Waals surface area (Å²) in [5.74, 6) is 1.66. The second kappa shape index (κ2) is 6.74. The lowest BCUT2D eigenvalue weighted by atomic mass is 10.3. The number of aryl methyl sites for hydroxylation is 1. The first kappa shape index (κ1) is 14.8. The molecule has 0 spiro atoms. The Balaban J connectivity index is 1.82. The minimum atomic E-state index is 0.504. The fourth-order valence-corrected chi connectivity index (χ4v) is 2.13. The van der Waals surface area contributed by atoms with Gasteiger partial charge in [-0.05, 0) is 37.3 Å². The summed E-state index contributed by atoms with van der Waals surface area (Å²) in [4.78, 5) is 13.1. The molecule has 0 unspecified atom stereocenters. The van der Waals surface area contributed by atoms with Crippen molar-refractivity contribution in [1.82, 2.24) is 15.0 Å². The summed E-state index contributed by atoms with van der Waals surface area (Å²) in [6, 6.07) is 17.7. The fourth-order valence-electron chi connectivity index (χ4n) is 2.13. The first-order chi connectivity index (χ1) is 11.2. The highest BCUT2D eigenvalue weighted by molar-refractivity contribution is 5.62. The summed E-state index contributed by atoms with van der Waals surface area (Å²) in [7, 11) is 1.88. The van der Waals surface area contributed by atoms with E-state index in [2.05, 4.69) is 30.9 Å². The van der Waals surface area contributed by atoms with Crippen LogP contribution < -0.4 is 16.0 Å². The Bertz CT molecular complexity index is 788. The molecule has 0 bridgehead atoms. The van der Waals surface area contributed by atoms with Crippen molar-refractivity contribution in [1.29, 1.82) is 0 Å². The molecule has 0 aliphatic rings. The molecule has 1 heterocycles. The Labute approximate surface area is 135 Å². The van der Waals surface area contributed by atoms with E-state index in [9.17, 15) is 0 Å². The van der Waals surface area contributed by atoms with Gasteiger partial charge in [0.2, 0.25) is 11.9 Å². The first-order valence-corrected chi connectivity index (χ1v) is 7.32. The number of hydrogen-bond acceptors (Lipinski definition) is 6. The number of rotatable bonds is 5. The number of anilines is 5. The highest BCUT2D eigenvalue weighted by atomic mass is 15.2. The number of nitrogens with zero attached hydrogens (tertiary/aromatic N) is 3. The molecule has 1 aromatic heterocycles. The maximum atomic E-state index is 4.41. The van der Waals surface area contributed by atoms with Gasteiger partial charge in [0.15, 0.2) is 0 Å². The summed E-state index contributed by atoms with van der Waals surface area (Å²) in [5, 5.41) is 9.49. The van der Waals surface area contributed by atoms with Gasteiger partial charge in [-0.2, -0.15) is 15.0 Å². The SMILES string of the molecule is CNc1cccc(Nc2nc(C)nc(Nc3ccccc3)n2)c1. The van der Waals surface area contributed by atoms with E-state index in [4.69, 9.17) is 0 Å². The topological polar surface area (TPSA) is 74.8 Å². The zero-order valence-electron chi connectivity index (χ0n) is 13.0. The molecule has 0 fully saturated rings. The smallest absolute Gasteiger partial charge is 0.232 e. The summed E-state index contributed by atoms with van der Waals surface area (Å²) in [6.45, 7) is 1.84. The van der Waals surface area contributed by atoms with Gasteiger partial charge in [0, 0.05) is 24.1 Å². The molecule has 3 aromatic rings. The third-order valence-electron chi connectivity index (χ3n) is 3.18. The zero-order chi connectivity index (χ0) is 16.1. The van der Waals surface area contributed by atoms with E-state index >= 15 is 0 Å². The second-order valence-electron chi connectivity index (χ2n) is 4.98. The van der Waals surface area contributed by atoms with E-state index in [0.717, 1.165) is 17.1 Å². The predicted molar refractivity (Wildman–Crippen MR) is 93.6 cm³/mol. The number of para-hydroxylation sites is 1. The molecule has 23 heavy (non-hydrogen) atoms. The number of nitrogens with one attached hydrogen (secondary N) is 3. The van der Waals surface area contributed by atoms with Gasteiger partial charge in [0.25, 0.3) is 0 Å². The van der Waals surface area contributed by atoms with Crippen LogP contribution in [0.25, 0.3) is 0 Å². The highest BCUT2D eigenvalue weighted by Crippen LogP contribution is 2.19. The molecule has 116 valence electrons. The molecule has 0 amide bonds. The van der Waals surface area contributed by atoms with E-state index in [1.165, 1.54) is 0 Å². The Hall–Kier alpha value is -3.15. The second-order valence-corrected chi connectivity index (χ2v) is 4.98. The number of hydrogen-bond donors (Lipinski definition) is 3. The number of benzene rings is 2. The molecular weight excluding hydrogens is 288 g/mol. The molecule has 0 aliphatic heterocycles. The van der Waals surface area contributed by atoms with Gasteiger partial charge in [-0.1, -0.05) is 24.3 Å². The molecule has 2 aromatic carbocycles. The minimum absolute atomic E-state index is 0.504. The van der Waals surface area contributed by atoms with E-state index in [1.54, 1.807) is 0 Å². The standard InChI is InChI=1S/C17H18N6/c1-12-19-16(21-13-7-4-3-5-8-13)23-17(20-12)22-15-10-6-9-14(11-15)18-2/h3-11,18H,1-2H3,(H2,19,20,21,22,23). The van der Waals surface area contributed by atoms with Gasteiger partial charge in [-0.3, -0.25) is 0 Å². The van der Waals surface area contributed by atoms with Crippen LogP contribution in [0.4, 0.5) is 29.0 Å². The Morgan fingerprint density at radius 1 is 0.696 bits per heavy atom. The maximum Gasteiger partial charge on any atom is 0.232 e. The van der Waals surface area contributed by atoms with E-state index in [0.29, 0.717) is 17.7 Å². The van der Waals surface area contributed by atoms with Crippen molar-refractivity contribution in [3.63, 3.8) is 0 Å². The van der Waals surface area contributed by atoms with Crippen LogP contribution in [0.3, 0.4) is 0 Å². The Morgan fingerprint density at radius 2 is 1.30 bits per heavy atom. The van der Waals surface area contributed by atoms with E-state index < -0.39 is 0 Å². The van der Waals surface area contributed by atoms with Gasteiger partial charge in [-0.15, -0.1) is 0 Å². The molecule has 3 N–H and O–H groups in total. The van der Waals surface area contributed by atoms with Crippen molar-refractivity contribution in [2.24, 2.45) is 0 Å². The predicted octanol–water partition coefficient (Wildman–Crippen LogP) is 3.71. The summed E-state index contributed by atoms with van der Waals surface area (Å²) in [6.07, 6.45) is 0. The van der Waals surface area contributed by atoms with E-state index in [-0.39, 0.29) is 0 Å². The molecule has 3 rings (SSSR count). The van der Waals surface area contributed by atoms with Crippen LogP contribution in [0, 0.1) is 6.92 Å².